The number of nitriles is 1. The van der Waals surface area contributed by atoms with E-state index in [4.69, 9.17) is 28.5 Å². The fraction of sp³-hybridized carbons (Fsp3) is 0.250. The molecule has 0 bridgehead atoms. The predicted octanol–water partition coefficient (Wildman–Crippen LogP) is 2.34. The van der Waals surface area contributed by atoms with Crippen LogP contribution in [0.4, 0.5) is 0 Å². The average Bonchev–Trinajstić information content (AvgIpc) is 2.04. The minimum atomic E-state index is -0.901. The molecule has 1 aromatic heterocycles. The highest BCUT2D eigenvalue weighted by Crippen LogP contribution is 2.25. The Hall–Kier alpha value is -0.820. The molecule has 0 aliphatic heterocycles. The summed E-state index contributed by atoms with van der Waals surface area (Å²) in [6.45, 7) is 0. The van der Waals surface area contributed by atoms with Gasteiger partial charge >= 0.3 is 0 Å². The summed E-state index contributed by atoms with van der Waals surface area (Å²) < 4.78 is 0. The van der Waals surface area contributed by atoms with Gasteiger partial charge in [-0.1, -0.05) is 23.2 Å². The van der Waals surface area contributed by atoms with E-state index < -0.39 is 6.10 Å². The Morgan fingerprint density at radius 2 is 2.31 bits per heavy atom. The maximum atomic E-state index is 9.40. The van der Waals surface area contributed by atoms with Gasteiger partial charge in [0, 0.05) is 11.8 Å². The van der Waals surface area contributed by atoms with Crippen LogP contribution in [0.5, 0.6) is 0 Å². The molecular formula is C8H6Cl2N2O. The number of hydrogen-bond acceptors (Lipinski definition) is 3. The third-order valence-corrected chi connectivity index (χ3v) is 2.03. The van der Waals surface area contributed by atoms with E-state index in [9.17, 15) is 5.11 Å². The SMILES string of the molecule is N#CCC(O)c1cnc(Cl)cc1Cl. The summed E-state index contributed by atoms with van der Waals surface area (Å²) in [5.41, 5.74) is 0.424. The van der Waals surface area contributed by atoms with E-state index in [0.29, 0.717) is 10.6 Å². The lowest BCUT2D eigenvalue weighted by atomic mass is 10.1. The van der Waals surface area contributed by atoms with Gasteiger partial charge in [0.1, 0.15) is 5.15 Å². The highest BCUT2D eigenvalue weighted by molar-refractivity contribution is 6.34. The van der Waals surface area contributed by atoms with Crippen molar-refractivity contribution in [3.63, 3.8) is 0 Å². The molecule has 68 valence electrons. The van der Waals surface area contributed by atoms with Crippen molar-refractivity contribution in [2.24, 2.45) is 0 Å². The molecule has 0 radical (unpaired) electrons. The molecule has 0 spiro atoms. The van der Waals surface area contributed by atoms with Gasteiger partial charge in [-0.25, -0.2) is 4.98 Å². The molecule has 1 N–H and O–H groups in total. The Labute approximate surface area is 85.5 Å². The lowest BCUT2D eigenvalue weighted by molar-refractivity contribution is 0.183. The fourth-order valence-electron chi connectivity index (χ4n) is 0.860. The third-order valence-electron chi connectivity index (χ3n) is 1.49. The topological polar surface area (TPSA) is 56.9 Å². The van der Waals surface area contributed by atoms with Crippen molar-refractivity contribution in [2.75, 3.05) is 0 Å². The van der Waals surface area contributed by atoms with Crippen LogP contribution in [-0.4, -0.2) is 10.1 Å². The van der Waals surface area contributed by atoms with Crippen molar-refractivity contribution in [3.8, 4) is 6.07 Å². The molecule has 0 saturated carbocycles. The van der Waals surface area contributed by atoms with Crippen molar-refractivity contribution in [3.05, 3.63) is 28.0 Å². The summed E-state index contributed by atoms with van der Waals surface area (Å²) in [5.74, 6) is 0. The number of halogens is 2. The molecule has 1 atom stereocenters. The van der Waals surface area contributed by atoms with Crippen LogP contribution in [0.25, 0.3) is 0 Å². The summed E-state index contributed by atoms with van der Waals surface area (Å²) in [4.78, 5) is 3.75. The molecular weight excluding hydrogens is 211 g/mol. The summed E-state index contributed by atoms with van der Waals surface area (Å²) in [5, 5.41) is 18.3. The minimum absolute atomic E-state index is 0.0109. The van der Waals surface area contributed by atoms with E-state index >= 15 is 0 Å². The number of hydrogen-bond donors (Lipinski definition) is 1. The highest BCUT2D eigenvalue weighted by atomic mass is 35.5. The lowest BCUT2D eigenvalue weighted by Crippen LogP contribution is -1.97. The summed E-state index contributed by atoms with van der Waals surface area (Å²) in [6, 6.07) is 3.27. The van der Waals surface area contributed by atoms with Crippen LogP contribution >= 0.6 is 23.2 Å². The molecule has 3 nitrogen and oxygen atoms in total. The first kappa shape index (κ1) is 10.3. The van der Waals surface area contributed by atoms with Gasteiger partial charge < -0.3 is 5.11 Å². The molecule has 0 amide bonds. The molecule has 1 aromatic rings. The van der Waals surface area contributed by atoms with Gasteiger partial charge in [-0.3, -0.25) is 0 Å². The quantitative estimate of drug-likeness (QED) is 0.773. The van der Waals surface area contributed by atoms with Gasteiger partial charge in [-0.05, 0) is 6.07 Å². The number of aliphatic hydroxyl groups excluding tert-OH is 1. The first-order chi connectivity index (χ1) is 6.15. The minimum Gasteiger partial charge on any atom is -0.387 e. The van der Waals surface area contributed by atoms with Crippen molar-refractivity contribution in [1.82, 2.24) is 4.98 Å². The molecule has 0 aromatic carbocycles. The molecule has 5 heteroatoms. The second-order valence-corrected chi connectivity index (χ2v) is 3.20. The van der Waals surface area contributed by atoms with Crippen molar-refractivity contribution < 1.29 is 5.11 Å². The molecule has 0 fully saturated rings. The summed E-state index contributed by atoms with van der Waals surface area (Å²) >= 11 is 11.3. The lowest BCUT2D eigenvalue weighted by Gasteiger charge is -2.07. The average molecular weight is 217 g/mol. The number of nitrogens with zero attached hydrogens (tertiary/aromatic N) is 2. The van der Waals surface area contributed by atoms with E-state index in [1.807, 2.05) is 6.07 Å². The highest BCUT2D eigenvalue weighted by Gasteiger charge is 2.11. The van der Waals surface area contributed by atoms with Crippen LogP contribution in [0.1, 0.15) is 18.1 Å². The Bertz CT molecular complexity index is 348. The maximum absolute atomic E-state index is 9.40. The second kappa shape index (κ2) is 4.43. The van der Waals surface area contributed by atoms with E-state index in [1.165, 1.54) is 12.3 Å². The van der Waals surface area contributed by atoms with Crippen molar-refractivity contribution in [1.29, 1.82) is 5.26 Å². The van der Waals surface area contributed by atoms with Crippen LogP contribution in [0, 0.1) is 11.3 Å². The standard InChI is InChI=1S/C8H6Cl2N2O/c9-6-3-8(10)12-4-5(6)7(13)1-2-11/h3-4,7,13H,1H2. The maximum Gasteiger partial charge on any atom is 0.130 e. The smallest absolute Gasteiger partial charge is 0.130 e. The predicted molar refractivity (Wildman–Crippen MR) is 49.4 cm³/mol. The summed E-state index contributed by atoms with van der Waals surface area (Å²) in [7, 11) is 0. The first-order valence-electron chi connectivity index (χ1n) is 3.51. The third kappa shape index (κ3) is 2.56. The molecule has 1 heterocycles. The fourth-order valence-corrected chi connectivity index (χ4v) is 1.35. The number of pyridine rings is 1. The van der Waals surface area contributed by atoms with Gasteiger partial charge in [0.15, 0.2) is 0 Å². The molecule has 0 saturated heterocycles. The second-order valence-electron chi connectivity index (χ2n) is 2.41. The van der Waals surface area contributed by atoms with Crippen LogP contribution < -0.4 is 0 Å². The molecule has 1 rings (SSSR count). The van der Waals surface area contributed by atoms with Gasteiger partial charge in [-0.15, -0.1) is 0 Å². The largest absolute Gasteiger partial charge is 0.387 e. The van der Waals surface area contributed by atoms with E-state index in [2.05, 4.69) is 4.98 Å². The monoisotopic (exact) mass is 216 g/mol. The Morgan fingerprint density at radius 1 is 1.62 bits per heavy atom. The molecule has 13 heavy (non-hydrogen) atoms. The van der Waals surface area contributed by atoms with Crippen molar-refractivity contribution in [2.45, 2.75) is 12.5 Å². The van der Waals surface area contributed by atoms with E-state index in [-0.39, 0.29) is 11.6 Å². The van der Waals surface area contributed by atoms with Crippen LogP contribution in [0.15, 0.2) is 12.3 Å². The molecule has 0 aliphatic carbocycles. The van der Waals surface area contributed by atoms with Crippen LogP contribution in [0.3, 0.4) is 0 Å². The zero-order valence-corrected chi connectivity index (χ0v) is 8.05. The van der Waals surface area contributed by atoms with Gasteiger partial charge in [-0.2, -0.15) is 5.26 Å². The number of aromatic nitrogens is 1. The van der Waals surface area contributed by atoms with Crippen LogP contribution in [0.2, 0.25) is 10.2 Å². The zero-order valence-electron chi connectivity index (χ0n) is 6.54. The zero-order chi connectivity index (χ0) is 9.84. The van der Waals surface area contributed by atoms with E-state index in [1.54, 1.807) is 0 Å². The number of aliphatic hydroxyl groups is 1. The Balaban J connectivity index is 2.96. The summed E-state index contributed by atoms with van der Waals surface area (Å²) in [6.07, 6.45) is 0.456. The van der Waals surface area contributed by atoms with Gasteiger partial charge in [0.05, 0.1) is 23.6 Å². The van der Waals surface area contributed by atoms with Crippen molar-refractivity contribution >= 4 is 23.2 Å². The Morgan fingerprint density at radius 3 is 2.85 bits per heavy atom. The van der Waals surface area contributed by atoms with Gasteiger partial charge in [0.25, 0.3) is 0 Å². The van der Waals surface area contributed by atoms with Gasteiger partial charge in [0.2, 0.25) is 0 Å². The Kier molecular flexibility index (Phi) is 3.49. The van der Waals surface area contributed by atoms with E-state index in [0.717, 1.165) is 0 Å². The van der Waals surface area contributed by atoms with Crippen LogP contribution in [-0.2, 0) is 0 Å². The molecule has 1 unspecified atom stereocenters. The normalized spacial score (nSPS) is 12.2. The molecule has 0 aliphatic rings. The number of rotatable bonds is 2. The first-order valence-corrected chi connectivity index (χ1v) is 4.26.